The van der Waals surface area contributed by atoms with Gasteiger partial charge in [-0.1, -0.05) is 17.6 Å². The fourth-order valence-electron chi connectivity index (χ4n) is 1.48. The third kappa shape index (κ3) is 2.87. The molecule has 0 aromatic carbocycles. The van der Waals surface area contributed by atoms with Crippen molar-refractivity contribution < 1.29 is 0 Å². The van der Waals surface area contributed by atoms with Crippen LogP contribution in [0.1, 0.15) is 11.3 Å². The Hall–Kier alpha value is -0.330. The van der Waals surface area contributed by atoms with E-state index >= 15 is 0 Å². The van der Waals surface area contributed by atoms with Gasteiger partial charge >= 0.3 is 0 Å². The Bertz CT molecular complexity index is 413. The van der Waals surface area contributed by atoms with Gasteiger partial charge in [-0.3, -0.25) is 5.41 Å². The number of aromatic nitrogens is 1. The smallest absolute Gasteiger partial charge is 0.156 e. The van der Waals surface area contributed by atoms with Crippen molar-refractivity contribution >= 4 is 44.6 Å². The van der Waals surface area contributed by atoms with Crippen molar-refractivity contribution in [2.45, 2.75) is 17.3 Å². The van der Waals surface area contributed by atoms with Crippen molar-refractivity contribution in [1.29, 1.82) is 5.41 Å². The molecule has 0 saturated carbocycles. The third-order valence-corrected chi connectivity index (χ3v) is 5.88. The average Bonchev–Trinajstić information content (AvgIpc) is 2.70. The van der Waals surface area contributed by atoms with Crippen LogP contribution in [-0.2, 0) is 6.54 Å². The molecule has 1 atom stereocenters. The van der Waals surface area contributed by atoms with Crippen LogP contribution in [0.3, 0.4) is 0 Å². The summed E-state index contributed by atoms with van der Waals surface area (Å²) < 4.78 is 1.12. The quantitative estimate of drug-likeness (QED) is 0.861. The first-order valence-corrected chi connectivity index (χ1v) is 8.64. The van der Waals surface area contributed by atoms with Crippen molar-refractivity contribution in [3.8, 4) is 0 Å². The maximum Gasteiger partial charge on any atom is 0.156 e. The molecule has 1 N–H and O–H groups in total. The van der Waals surface area contributed by atoms with E-state index < -0.39 is 0 Å². The lowest BCUT2D eigenvalue weighted by molar-refractivity contribution is 0.417. The fraction of sp³-hybridized carbons (Fsp3) is 0.500. The molecule has 1 unspecified atom stereocenters. The summed E-state index contributed by atoms with van der Waals surface area (Å²) in [5, 5.41) is 8.55. The van der Waals surface area contributed by atoms with Crippen molar-refractivity contribution in [2.24, 2.45) is 0 Å². The highest BCUT2D eigenvalue weighted by Gasteiger charge is 2.16. The van der Waals surface area contributed by atoms with Gasteiger partial charge in [0.15, 0.2) is 5.17 Å². The highest BCUT2D eigenvalue weighted by molar-refractivity contribution is 8.14. The van der Waals surface area contributed by atoms with Crippen LogP contribution in [-0.4, -0.2) is 39.5 Å². The van der Waals surface area contributed by atoms with Crippen LogP contribution in [0.5, 0.6) is 0 Å². The highest BCUT2D eigenvalue weighted by Crippen LogP contribution is 2.28. The van der Waals surface area contributed by atoms with Crippen molar-refractivity contribution in [2.75, 3.05) is 18.6 Å². The average molecular weight is 273 g/mol. The van der Waals surface area contributed by atoms with E-state index in [1.165, 1.54) is 11.3 Å². The van der Waals surface area contributed by atoms with Crippen molar-refractivity contribution in [3.63, 3.8) is 0 Å². The van der Waals surface area contributed by atoms with Crippen molar-refractivity contribution in [3.05, 3.63) is 11.1 Å². The van der Waals surface area contributed by atoms with Gasteiger partial charge in [0.05, 0.1) is 6.54 Å². The first-order valence-electron chi connectivity index (χ1n) is 5.03. The Labute approximate surface area is 107 Å². The summed E-state index contributed by atoms with van der Waals surface area (Å²) in [6.07, 6.45) is 5.19. The van der Waals surface area contributed by atoms with Gasteiger partial charge in [0.25, 0.3) is 0 Å². The molecule has 0 spiro atoms. The largest absolute Gasteiger partial charge is 0.346 e. The minimum atomic E-state index is 0.00660. The molecule has 2 heterocycles. The van der Waals surface area contributed by atoms with Gasteiger partial charge in [-0.05, 0) is 12.7 Å². The summed E-state index contributed by atoms with van der Waals surface area (Å²) in [4.78, 5) is 7.74. The van der Waals surface area contributed by atoms with Gasteiger partial charge in [0.2, 0.25) is 0 Å². The minimum Gasteiger partial charge on any atom is -0.346 e. The molecule has 0 radical (unpaired) electrons. The van der Waals surface area contributed by atoms with E-state index in [0.717, 1.165) is 23.2 Å². The summed E-state index contributed by atoms with van der Waals surface area (Å²) in [5.41, 5.74) is 0. The molecule has 1 aliphatic heterocycles. The van der Waals surface area contributed by atoms with Crippen LogP contribution < -0.4 is 0 Å². The zero-order valence-electron chi connectivity index (χ0n) is 9.23. The van der Waals surface area contributed by atoms with E-state index in [1.54, 1.807) is 23.1 Å². The number of nitrogens with one attached hydrogen (secondary N) is 1. The maximum absolute atomic E-state index is 7.85. The van der Waals surface area contributed by atoms with Gasteiger partial charge in [0, 0.05) is 23.4 Å². The lowest BCUT2D eigenvalue weighted by atomic mass is 10.4. The lowest BCUT2D eigenvalue weighted by Crippen LogP contribution is -2.32. The first-order chi connectivity index (χ1) is 7.66. The zero-order valence-corrected chi connectivity index (χ0v) is 11.7. The van der Waals surface area contributed by atoms with Gasteiger partial charge < -0.3 is 4.90 Å². The molecular weight excluding hydrogens is 258 g/mol. The molecule has 1 aromatic heterocycles. The van der Waals surface area contributed by atoms with Crippen LogP contribution in [0.25, 0.3) is 0 Å². The van der Waals surface area contributed by atoms with Gasteiger partial charge in [-0.2, -0.15) is 0 Å². The highest BCUT2D eigenvalue weighted by atomic mass is 32.2. The number of hydrogen-bond donors (Lipinski definition) is 1. The summed E-state index contributed by atoms with van der Waals surface area (Å²) >= 11 is 3.37. The molecule has 0 aliphatic carbocycles. The van der Waals surface area contributed by atoms with E-state index in [1.807, 2.05) is 6.20 Å². The summed E-state index contributed by atoms with van der Waals surface area (Å²) in [6, 6.07) is 0. The van der Waals surface area contributed by atoms with Crippen LogP contribution in [0.2, 0.25) is 0 Å². The summed E-state index contributed by atoms with van der Waals surface area (Å²) in [7, 11) is 0.00660. The SMILES string of the molecule is C=S(C)c1ncc(CN2CCCSC2=N)s1. The number of thiazole rings is 1. The van der Waals surface area contributed by atoms with Crippen LogP contribution in [0, 0.1) is 5.41 Å². The van der Waals surface area contributed by atoms with E-state index in [-0.39, 0.29) is 10.5 Å². The number of thioether (sulfide) groups is 1. The number of amidine groups is 1. The third-order valence-electron chi connectivity index (χ3n) is 2.28. The van der Waals surface area contributed by atoms with Gasteiger partial charge in [0.1, 0.15) is 4.34 Å². The molecule has 0 amide bonds. The summed E-state index contributed by atoms with van der Waals surface area (Å²) in [6.45, 7) is 1.84. The Morgan fingerprint density at radius 2 is 2.50 bits per heavy atom. The number of nitrogens with zero attached hydrogens (tertiary/aromatic N) is 2. The van der Waals surface area contributed by atoms with Crippen molar-refractivity contribution in [1.82, 2.24) is 9.88 Å². The second kappa shape index (κ2) is 5.33. The predicted octanol–water partition coefficient (Wildman–Crippen LogP) is 2.71. The zero-order chi connectivity index (χ0) is 11.5. The normalized spacial score (nSPS) is 18.8. The molecule has 3 nitrogen and oxygen atoms in total. The van der Waals surface area contributed by atoms with E-state index in [9.17, 15) is 0 Å². The molecule has 1 aromatic rings. The second-order valence-electron chi connectivity index (χ2n) is 3.66. The van der Waals surface area contributed by atoms with Gasteiger partial charge in [-0.15, -0.1) is 21.8 Å². The molecule has 88 valence electrons. The van der Waals surface area contributed by atoms with Crippen LogP contribution >= 0.6 is 33.6 Å². The maximum atomic E-state index is 7.85. The molecule has 2 rings (SSSR count). The van der Waals surface area contributed by atoms with Gasteiger partial charge in [-0.25, -0.2) is 4.98 Å². The van der Waals surface area contributed by atoms with Crippen LogP contribution in [0.4, 0.5) is 0 Å². The number of hydrogen-bond acceptors (Lipinski definition) is 4. The Balaban J connectivity index is 2.02. The van der Waals surface area contributed by atoms with E-state index in [4.69, 9.17) is 5.41 Å². The Kier molecular flexibility index (Phi) is 4.05. The second-order valence-corrected chi connectivity index (χ2v) is 7.78. The topological polar surface area (TPSA) is 40.0 Å². The fourth-order valence-corrected chi connectivity index (χ4v) is 4.06. The first kappa shape index (κ1) is 12.1. The van der Waals surface area contributed by atoms with Crippen LogP contribution in [0.15, 0.2) is 10.5 Å². The molecule has 6 heteroatoms. The monoisotopic (exact) mass is 273 g/mol. The number of rotatable bonds is 3. The predicted molar refractivity (Wildman–Crippen MR) is 76.2 cm³/mol. The van der Waals surface area contributed by atoms with E-state index in [0.29, 0.717) is 5.17 Å². The Morgan fingerprint density at radius 3 is 3.12 bits per heavy atom. The molecule has 1 fully saturated rings. The molecule has 1 aliphatic rings. The molecule has 0 bridgehead atoms. The standard InChI is InChI=1S/C10H15N3S3/c1-16(2)10-12-6-8(15-10)7-13-4-3-5-14-9(13)11/h6,11H,1,3-5,7H2,2H3. The minimum absolute atomic E-state index is 0.00660. The Morgan fingerprint density at radius 1 is 1.69 bits per heavy atom. The van der Waals surface area contributed by atoms with E-state index in [2.05, 4.69) is 22.0 Å². The molecular formula is C10H15N3S3. The molecule has 1 saturated heterocycles. The molecule has 16 heavy (non-hydrogen) atoms. The summed E-state index contributed by atoms with van der Waals surface area (Å²) in [5.74, 6) is 5.08. The lowest BCUT2D eigenvalue weighted by Gasteiger charge is -2.27.